The highest BCUT2D eigenvalue weighted by molar-refractivity contribution is 5.68. The van der Waals surface area contributed by atoms with Crippen LogP contribution in [0.5, 0.6) is 0 Å². The maximum Gasteiger partial charge on any atom is 0.212 e. The topological polar surface area (TPSA) is 46.9 Å². The first-order valence-electron chi connectivity index (χ1n) is 3.14. The number of amides is 1. The summed E-state index contributed by atoms with van der Waals surface area (Å²) >= 11 is 0. The Morgan fingerprint density at radius 2 is 2.55 bits per heavy atom. The molecule has 0 fully saturated rings. The van der Waals surface area contributed by atoms with Crippen LogP contribution in [0.25, 0.3) is 6.08 Å². The maximum atomic E-state index is 10.00. The van der Waals surface area contributed by atoms with E-state index in [0.717, 1.165) is 5.82 Å². The van der Waals surface area contributed by atoms with E-state index in [2.05, 4.69) is 16.9 Å². The van der Waals surface area contributed by atoms with Gasteiger partial charge in [0.15, 0.2) is 5.82 Å². The third-order valence-electron chi connectivity index (χ3n) is 1.30. The van der Waals surface area contributed by atoms with Crippen molar-refractivity contribution in [2.75, 3.05) is 5.32 Å². The van der Waals surface area contributed by atoms with Crippen molar-refractivity contribution in [3.05, 3.63) is 18.6 Å². The highest BCUT2D eigenvalue weighted by Gasteiger charge is 1.98. The Bertz CT molecular complexity index is 277. The van der Waals surface area contributed by atoms with E-state index < -0.39 is 0 Å². The zero-order valence-electron chi connectivity index (χ0n) is 6.24. The van der Waals surface area contributed by atoms with Crippen molar-refractivity contribution in [2.24, 2.45) is 7.05 Å². The van der Waals surface area contributed by atoms with Gasteiger partial charge in [-0.05, 0) is 6.08 Å². The summed E-state index contributed by atoms with van der Waals surface area (Å²) in [6, 6.07) is 0. The van der Waals surface area contributed by atoms with E-state index in [1.807, 2.05) is 7.05 Å². The Labute approximate surface area is 64.6 Å². The average Bonchev–Trinajstić information content (AvgIpc) is 2.32. The molecule has 1 rings (SSSR count). The largest absolute Gasteiger partial charge is 0.332 e. The van der Waals surface area contributed by atoms with Gasteiger partial charge in [-0.3, -0.25) is 4.79 Å². The van der Waals surface area contributed by atoms with Gasteiger partial charge < -0.3 is 9.88 Å². The van der Waals surface area contributed by atoms with Crippen molar-refractivity contribution in [3.63, 3.8) is 0 Å². The van der Waals surface area contributed by atoms with E-state index in [1.54, 1.807) is 16.8 Å². The fraction of sp³-hybridized carbons (Fsp3) is 0.143. The summed E-state index contributed by atoms with van der Waals surface area (Å²) in [5, 5.41) is 2.44. The predicted octanol–water partition coefficient (Wildman–Crippen LogP) is 0.631. The van der Waals surface area contributed by atoms with Crippen LogP contribution in [0.4, 0.5) is 5.82 Å². The molecule has 4 nitrogen and oxygen atoms in total. The minimum Gasteiger partial charge on any atom is -0.332 e. The smallest absolute Gasteiger partial charge is 0.212 e. The van der Waals surface area contributed by atoms with Crippen LogP contribution in [-0.2, 0) is 11.8 Å². The van der Waals surface area contributed by atoms with E-state index in [4.69, 9.17) is 0 Å². The molecular formula is C7H9N3O. The van der Waals surface area contributed by atoms with Crippen molar-refractivity contribution < 1.29 is 4.79 Å². The van der Waals surface area contributed by atoms with Crippen LogP contribution in [-0.4, -0.2) is 16.0 Å². The second-order valence-electron chi connectivity index (χ2n) is 2.06. The third-order valence-corrected chi connectivity index (χ3v) is 1.30. The normalized spacial score (nSPS) is 9.18. The second-order valence-corrected chi connectivity index (χ2v) is 2.06. The van der Waals surface area contributed by atoms with Crippen LogP contribution in [0.1, 0.15) is 5.82 Å². The Kier molecular flexibility index (Phi) is 2.06. The Morgan fingerprint density at radius 3 is 3.00 bits per heavy atom. The number of nitrogens with one attached hydrogen (secondary N) is 1. The van der Waals surface area contributed by atoms with Crippen LogP contribution in [0.3, 0.4) is 0 Å². The number of aryl methyl sites for hydroxylation is 1. The molecule has 1 amide bonds. The molecule has 0 saturated carbocycles. The summed E-state index contributed by atoms with van der Waals surface area (Å²) in [6.45, 7) is 3.57. The van der Waals surface area contributed by atoms with Crippen molar-refractivity contribution in [1.82, 2.24) is 9.55 Å². The van der Waals surface area contributed by atoms with Gasteiger partial charge in [-0.2, -0.15) is 0 Å². The van der Waals surface area contributed by atoms with Crippen LogP contribution >= 0.6 is 0 Å². The zero-order chi connectivity index (χ0) is 8.27. The lowest BCUT2D eigenvalue weighted by atomic mass is 10.6. The van der Waals surface area contributed by atoms with E-state index in [-0.39, 0.29) is 0 Å². The molecule has 0 spiro atoms. The lowest BCUT2D eigenvalue weighted by Crippen LogP contribution is -1.92. The standard InChI is InChI=1S/C7H9N3O/c1-3-7-9-6(8-5-11)4-10(7)2/h3-5H,1H2,2H3,(H,8,11). The lowest BCUT2D eigenvalue weighted by molar-refractivity contribution is -0.105. The van der Waals surface area contributed by atoms with E-state index in [9.17, 15) is 4.79 Å². The number of aromatic nitrogens is 2. The van der Waals surface area contributed by atoms with Gasteiger partial charge in [-0.1, -0.05) is 6.58 Å². The number of rotatable bonds is 3. The Morgan fingerprint density at radius 1 is 1.82 bits per heavy atom. The zero-order valence-corrected chi connectivity index (χ0v) is 6.24. The van der Waals surface area contributed by atoms with E-state index in [0.29, 0.717) is 12.2 Å². The van der Waals surface area contributed by atoms with Crippen LogP contribution < -0.4 is 5.32 Å². The van der Waals surface area contributed by atoms with Gasteiger partial charge in [-0.15, -0.1) is 0 Å². The first-order chi connectivity index (χ1) is 5.27. The molecule has 0 saturated heterocycles. The Hall–Kier alpha value is -1.58. The molecule has 11 heavy (non-hydrogen) atoms. The quantitative estimate of drug-likeness (QED) is 0.644. The molecule has 0 atom stereocenters. The number of carbonyl (C=O) groups excluding carboxylic acids is 1. The molecule has 0 aromatic carbocycles. The summed E-state index contributed by atoms with van der Waals surface area (Å²) in [4.78, 5) is 14.0. The molecule has 0 aliphatic heterocycles. The van der Waals surface area contributed by atoms with Crippen LogP contribution in [0, 0.1) is 0 Å². The molecular weight excluding hydrogens is 142 g/mol. The van der Waals surface area contributed by atoms with Gasteiger partial charge in [0.05, 0.1) is 0 Å². The number of nitrogens with zero attached hydrogens (tertiary/aromatic N) is 2. The minimum atomic E-state index is 0.539. The Balaban J connectivity index is 2.94. The number of imidazole rings is 1. The lowest BCUT2D eigenvalue weighted by Gasteiger charge is -1.88. The van der Waals surface area contributed by atoms with Gasteiger partial charge >= 0.3 is 0 Å². The number of carbonyl (C=O) groups is 1. The number of anilines is 1. The SMILES string of the molecule is C=Cc1nc(NC=O)cn1C. The molecule has 58 valence electrons. The first-order valence-corrected chi connectivity index (χ1v) is 3.14. The third kappa shape index (κ3) is 1.46. The molecule has 1 N–H and O–H groups in total. The van der Waals surface area contributed by atoms with Gasteiger partial charge in [-0.25, -0.2) is 4.98 Å². The second kappa shape index (κ2) is 3.01. The maximum absolute atomic E-state index is 10.00. The predicted molar refractivity (Wildman–Crippen MR) is 43.0 cm³/mol. The molecule has 0 bridgehead atoms. The average molecular weight is 151 g/mol. The molecule has 1 aromatic rings. The molecule has 0 unspecified atom stereocenters. The van der Waals surface area contributed by atoms with Gasteiger partial charge in [0.25, 0.3) is 0 Å². The molecule has 1 aromatic heterocycles. The van der Waals surface area contributed by atoms with Crippen molar-refractivity contribution >= 4 is 18.3 Å². The highest BCUT2D eigenvalue weighted by atomic mass is 16.1. The molecule has 1 heterocycles. The van der Waals surface area contributed by atoms with Gasteiger partial charge in [0.2, 0.25) is 6.41 Å². The fourth-order valence-corrected chi connectivity index (χ4v) is 0.800. The summed E-state index contributed by atoms with van der Waals surface area (Å²) in [5.74, 6) is 1.27. The highest BCUT2D eigenvalue weighted by Crippen LogP contribution is 2.05. The van der Waals surface area contributed by atoms with Gasteiger partial charge in [0, 0.05) is 13.2 Å². The summed E-state index contributed by atoms with van der Waals surface area (Å²) in [5.41, 5.74) is 0. The van der Waals surface area contributed by atoms with Gasteiger partial charge in [0.1, 0.15) is 5.82 Å². The van der Waals surface area contributed by atoms with Crippen molar-refractivity contribution in [2.45, 2.75) is 0 Å². The molecule has 0 radical (unpaired) electrons. The van der Waals surface area contributed by atoms with Crippen molar-refractivity contribution in [1.29, 1.82) is 0 Å². The van der Waals surface area contributed by atoms with Crippen LogP contribution in [0.2, 0.25) is 0 Å². The number of hydrogen-bond donors (Lipinski definition) is 1. The monoisotopic (exact) mass is 151 g/mol. The molecule has 0 aliphatic rings. The van der Waals surface area contributed by atoms with E-state index in [1.165, 1.54) is 0 Å². The van der Waals surface area contributed by atoms with E-state index >= 15 is 0 Å². The number of hydrogen-bond acceptors (Lipinski definition) is 2. The fourth-order valence-electron chi connectivity index (χ4n) is 0.800. The van der Waals surface area contributed by atoms with Crippen molar-refractivity contribution in [3.8, 4) is 0 Å². The first kappa shape index (κ1) is 7.53. The summed E-state index contributed by atoms with van der Waals surface area (Å²) < 4.78 is 1.78. The minimum absolute atomic E-state index is 0.539. The summed E-state index contributed by atoms with van der Waals surface area (Å²) in [7, 11) is 1.83. The summed E-state index contributed by atoms with van der Waals surface area (Å²) in [6.07, 6.45) is 3.93. The molecule has 4 heteroatoms. The van der Waals surface area contributed by atoms with Crippen LogP contribution in [0.15, 0.2) is 12.8 Å². The molecule has 0 aliphatic carbocycles.